The number of aromatic nitrogens is 2. The SMILES string of the molecule is CCCNC(=O)[C@H](C)Sc1nc(NC(=O)c2ccccc2)c2c(C)c(C)oc2n1. The molecule has 3 rings (SSSR count). The Bertz CT molecular complexity index is 1030. The smallest absolute Gasteiger partial charge is 0.256 e. The molecule has 2 aromatic heterocycles. The molecule has 1 aromatic carbocycles. The number of hydrogen-bond acceptors (Lipinski definition) is 6. The van der Waals surface area contributed by atoms with Gasteiger partial charge in [0.2, 0.25) is 11.6 Å². The third kappa shape index (κ3) is 4.76. The van der Waals surface area contributed by atoms with Crippen LogP contribution < -0.4 is 10.6 Å². The molecule has 0 aliphatic carbocycles. The van der Waals surface area contributed by atoms with Crippen molar-refractivity contribution < 1.29 is 14.0 Å². The van der Waals surface area contributed by atoms with Crippen molar-refractivity contribution in [3.63, 3.8) is 0 Å². The molecule has 0 unspecified atom stereocenters. The maximum absolute atomic E-state index is 12.7. The Morgan fingerprint density at radius 1 is 1.17 bits per heavy atom. The quantitative estimate of drug-likeness (QED) is 0.448. The second-order valence-electron chi connectivity index (χ2n) is 6.69. The number of rotatable bonds is 7. The summed E-state index contributed by atoms with van der Waals surface area (Å²) in [6.45, 7) is 8.16. The number of hydrogen-bond donors (Lipinski definition) is 2. The molecule has 2 amide bonds. The van der Waals surface area contributed by atoms with Gasteiger partial charge in [-0.05, 0) is 39.3 Å². The minimum absolute atomic E-state index is 0.0813. The lowest BCUT2D eigenvalue weighted by Crippen LogP contribution is -2.31. The predicted octanol–water partition coefficient (Wildman–Crippen LogP) is 4.10. The molecule has 8 heteroatoms. The minimum Gasteiger partial charge on any atom is -0.443 e. The van der Waals surface area contributed by atoms with Gasteiger partial charge in [-0.1, -0.05) is 36.9 Å². The molecule has 0 radical (unpaired) electrons. The fourth-order valence-corrected chi connectivity index (χ4v) is 3.53. The maximum Gasteiger partial charge on any atom is 0.256 e. The zero-order valence-electron chi connectivity index (χ0n) is 16.9. The van der Waals surface area contributed by atoms with Crippen molar-refractivity contribution in [2.45, 2.75) is 44.5 Å². The van der Waals surface area contributed by atoms with Crippen molar-refractivity contribution in [3.8, 4) is 0 Å². The van der Waals surface area contributed by atoms with Crippen LogP contribution in [0.4, 0.5) is 5.82 Å². The lowest BCUT2D eigenvalue weighted by atomic mass is 10.2. The summed E-state index contributed by atoms with van der Waals surface area (Å²) in [5.41, 5.74) is 1.79. The molecule has 2 N–H and O–H groups in total. The van der Waals surface area contributed by atoms with Crippen LogP contribution in [0, 0.1) is 13.8 Å². The summed E-state index contributed by atoms with van der Waals surface area (Å²) < 4.78 is 5.76. The highest BCUT2D eigenvalue weighted by Crippen LogP contribution is 2.32. The Labute approximate surface area is 173 Å². The van der Waals surface area contributed by atoms with Gasteiger partial charge in [-0.3, -0.25) is 9.59 Å². The summed E-state index contributed by atoms with van der Waals surface area (Å²) in [5.74, 6) is 0.734. The molecule has 0 spiro atoms. The number of benzene rings is 1. The number of nitrogens with one attached hydrogen (secondary N) is 2. The highest BCUT2D eigenvalue weighted by atomic mass is 32.2. The Morgan fingerprint density at radius 3 is 2.59 bits per heavy atom. The van der Waals surface area contributed by atoms with E-state index in [4.69, 9.17) is 4.42 Å². The summed E-state index contributed by atoms with van der Waals surface area (Å²) in [6, 6.07) is 8.92. The molecule has 0 aliphatic heterocycles. The summed E-state index contributed by atoms with van der Waals surface area (Å²) in [4.78, 5) is 33.8. The van der Waals surface area contributed by atoms with Crippen molar-refractivity contribution in [2.24, 2.45) is 0 Å². The normalized spacial score (nSPS) is 12.0. The summed E-state index contributed by atoms with van der Waals surface area (Å²) in [5, 5.41) is 6.39. The Kier molecular flexibility index (Phi) is 6.53. The van der Waals surface area contributed by atoms with E-state index in [2.05, 4.69) is 20.6 Å². The average Bonchev–Trinajstić information content (AvgIpc) is 3.00. The molecule has 29 heavy (non-hydrogen) atoms. The molecule has 0 fully saturated rings. The fraction of sp³-hybridized carbons (Fsp3) is 0.333. The van der Waals surface area contributed by atoms with Gasteiger partial charge in [0, 0.05) is 17.7 Å². The Hall–Kier alpha value is -2.87. The van der Waals surface area contributed by atoms with Crippen molar-refractivity contribution >= 4 is 40.5 Å². The van der Waals surface area contributed by atoms with Crippen LogP contribution in [-0.2, 0) is 4.79 Å². The zero-order valence-corrected chi connectivity index (χ0v) is 17.7. The molecular formula is C21H24N4O3S. The van der Waals surface area contributed by atoms with Gasteiger partial charge in [-0.15, -0.1) is 0 Å². The van der Waals surface area contributed by atoms with E-state index in [-0.39, 0.29) is 17.1 Å². The summed E-state index contributed by atoms with van der Waals surface area (Å²) in [7, 11) is 0. The van der Waals surface area contributed by atoms with Crippen LogP contribution in [0.2, 0.25) is 0 Å². The van der Waals surface area contributed by atoms with Crippen LogP contribution in [0.25, 0.3) is 11.1 Å². The van der Waals surface area contributed by atoms with Crippen LogP contribution in [0.3, 0.4) is 0 Å². The van der Waals surface area contributed by atoms with Crippen molar-refractivity contribution in [2.75, 3.05) is 11.9 Å². The topological polar surface area (TPSA) is 97.1 Å². The number of nitrogens with zero attached hydrogens (tertiary/aromatic N) is 2. The van der Waals surface area contributed by atoms with E-state index < -0.39 is 0 Å². The highest BCUT2D eigenvalue weighted by molar-refractivity contribution is 8.00. The third-order valence-electron chi connectivity index (χ3n) is 4.48. The number of thioether (sulfide) groups is 1. The lowest BCUT2D eigenvalue weighted by molar-refractivity contribution is -0.120. The monoisotopic (exact) mass is 412 g/mol. The number of furan rings is 1. The highest BCUT2D eigenvalue weighted by Gasteiger charge is 2.21. The van der Waals surface area contributed by atoms with Gasteiger partial charge < -0.3 is 15.1 Å². The van der Waals surface area contributed by atoms with Crippen LogP contribution in [-0.4, -0.2) is 33.6 Å². The molecule has 3 aromatic rings. The number of aryl methyl sites for hydroxylation is 2. The fourth-order valence-electron chi connectivity index (χ4n) is 2.75. The van der Waals surface area contributed by atoms with Crippen molar-refractivity contribution in [3.05, 3.63) is 47.2 Å². The number of amides is 2. The molecule has 152 valence electrons. The van der Waals surface area contributed by atoms with E-state index in [9.17, 15) is 9.59 Å². The molecule has 7 nitrogen and oxygen atoms in total. The summed E-state index contributed by atoms with van der Waals surface area (Å²) in [6.07, 6.45) is 0.867. The number of carbonyl (C=O) groups is 2. The number of fused-ring (bicyclic) bond motifs is 1. The Balaban J connectivity index is 1.93. The standard InChI is InChI=1S/C21H24N4O3S/c1-5-11-22-18(26)14(4)29-21-24-17(16-12(2)13(3)28-20(16)25-21)23-19(27)15-9-7-6-8-10-15/h6-10,14H,5,11H2,1-4H3,(H,22,26)(H,23,24,25,27)/t14-/m0/s1. The first kappa shape index (κ1) is 20.9. The Morgan fingerprint density at radius 2 is 1.90 bits per heavy atom. The first-order valence-corrected chi connectivity index (χ1v) is 10.4. The van der Waals surface area contributed by atoms with E-state index in [0.29, 0.717) is 39.9 Å². The molecule has 1 atom stereocenters. The van der Waals surface area contributed by atoms with E-state index in [1.54, 1.807) is 31.2 Å². The third-order valence-corrected chi connectivity index (χ3v) is 5.44. The second-order valence-corrected chi connectivity index (χ2v) is 8.00. The number of carbonyl (C=O) groups excluding carboxylic acids is 2. The van der Waals surface area contributed by atoms with E-state index in [1.165, 1.54) is 11.8 Å². The maximum atomic E-state index is 12.7. The van der Waals surface area contributed by atoms with Crippen LogP contribution in [0.1, 0.15) is 41.9 Å². The predicted molar refractivity (Wildman–Crippen MR) is 114 cm³/mol. The number of anilines is 1. The molecular weight excluding hydrogens is 388 g/mol. The molecule has 0 saturated carbocycles. The van der Waals surface area contributed by atoms with Gasteiger partial charge in [-0.25, -0.2) is 4.98 Å². The first-order valence-electron chi connectivity index (χ1n) is 9.49. The van der Waals surface area contributed by atoms with Crippen molar-refractivity contribution in [1.29, 1.82) is 0 Å². The van der Waals surface area contributed by atoms with Gasteiger partial charge in [0.1, 0.15) is 11.6 Å². The molecule has 2 heterocycles. The van der Waals surface area contributed by atoms with Crippen molar-refractivity contribution in [1.82, 2.24) is 15.3 Å². The van der Waals surface area contributed by atoms with Crippen LogP contribution in [0.5, 0.6) is 0 Å². The van der Waals surface area contributed by atoms with Crippen LogP contribution in [0.15, 0.2) is 39.9 Å². The van der Waals surface area contributed by atoms with Gasteiger partial charge in [-0.2, -0.15) is 4.98 Å². The van der Waals surface area contributed by atoms with Crippen LogP contribution >= 0.6 is 11.8 Å². The van der Waals surface area contributed by atoms with E-state index >= 15 is 0 Å². The van der Waals surface area contributed by atoms with E-state index in [1.807, 2.05) is 26.8 Å². The molecule has 0 aliphatic rings. The summed E-state index contributed by atoms with van der Waals surface area (Å²) >= 11 is 1.22. The van der Waals surface area contributed by atoms with Gasteiger partial charge >= 0.3 is 0 Å². The van der Waals surface area contributed by atoms with Gasteiger partial charge in [0.15, 0.2) is 5.16 Å². The van der Waals surface area contributed by atoms with Gasteiger partial charge in [0.25, 0.3) is 5.91 Å². The average molecular weight is 413 g/mol. The zero-order chi connectivity index (χ0) is 21.0. The first-order chi connectivity index (χ1) is 13.9. The lowest BCUT2D eigenvalue weighted by Gasteiger charge is -2.12. The second kappa shape index (κ2) is 9.09. The van der Waals surface area contributed by atoms with E-state index in [0.717, 1.165) is 12.0 Å². The molecule has 0 bridgehead atoms. The molecule has 0 saturated heterocycles. The van der Waals surface area contributed by atoms with Gasteiger partial charge in [0.05, 0.1) is 10.6 Å². The largest absolute Gasteiger partial charge is 0.443 e. The minimum atomic E-state index is -0.381.